The fourth-order valence-corrected chi connectivity index (χ4v) is 9.09. The third-order valence-corrected chi connectivity index (χ3v) is 12.4. The molecule has 0 spiro atoms. The molecule has 0 saturated carbocycles. The van der Waals surface area contributed by atoms with Gasteiger partial charge in [-0.25, -0.2) is 15.0 Å². The number of fused-ring (bicyclic) bond motifs is 7. The van der Waals surface area contributed by atoms with Crippen molar-refractivity contribution in [3.63, 3.8) is 0 Å². The first kappa shape index (κ1) is 36.6. The molecule has 0 unspecified atom stereocenters. The lowest BCUT2D eigenvalue weighted by Crippen LogP contribution is -2.00. The van der Waals surface area contributed by atoms with E-state index >= 15 is 0 Å². The molecule has 1 aliphatic carbocycles. The molecule has 4 heteroatoms. The summed E-state index contributed by atoms with van der Waals surface area (Å²) in [6, 6.07) is 68.6. The summed E-state index contributed by atoms with van der Waals surface area (Å²) in [7, 11) is 0. The van der Waals surface area contributed by atoms with Gasteiger partial charge in [-0.05, 0) is 82.1 Å². The molecule has 0 radical (unpaired) electrons. The highest BCUT2D eigenvalue weighted by Gasteiger charge is 2.18. The molecule has 3 heterocycles. The monoisotopic (exact) mass is 805 g/mol. The van der Waals surface area contributed by atoms with Gasteiger partial charge in [0.1, 0.15) is 11.2 Å². The van der Waals surface area contributed by atoms with Gasteiger partial charge in [0.2, 0.25) is 0 Å². The lowest BCUT2D eigenvalue weighted by atomic mass is 9.96. The van der Waals surface area contributed by atoms with Crippen molar-refractivity contribution in [1.29, 1.82) is 0 Å². The highest BCUT2D eigenvalue weighted by molar-refractivity contribution is 6.24. The number of hydrogen-bond donors (Lipinski definition) is 0. The van der Waals surface area contributed by atoms with Gasteiger partial charge in [0.25, 0.3) is 0 Å². The number of furan rings is 1. The molecule has 0 aliphatic heterocycles. The Kier molecular flexibility index (Phi) is 8.93. The Bertz CT molecular complexity index is 3570. The molecule has 63 heavy (non-hydrogen) atoms. The van der Waals surface area contributed by atoms with Crippen molar-refractivity contribution in [2.45, 2.75) is 12.8 Å². The van der Waals surface area contributed by atoms with Gasteiger partial charge in [-0.3, -0.25) is 0 Å². The van der Waals surface area contributed by atoms with Crippen LogP contribution < -0.4 is 0 Å². The maximum absolute atomic E-state index is 6.81. The second kappa shape index (κ2) is 15.4. The van der Waals surface area contributed by atoms with Crippen molar-refractivity contribution in [3.05, 3.63) is 218 Å². The Hall–Kier alpha value is -8.21. The number of aromatic nitrogens is 3. The molecule has 296 valence electrons. The normalized spacial score (nSPS) is 12.7. The van der Waals surface area contributed by atoms with E-state index in [-0.39, 0.29) is 0 Å². The molecule has 1 aliphatic rings. The molecule has 11 aromatic rings. The van der Waals surface area contributed by atoms with Crippen molar-refractivity contribution in [2.75, 3.05) is 0 Å². The topological polar surface area (TPSA) is 51.8 Å². The lowest BCUT2D eigenvalue weighted by molar-refractivity contribution is 0.673. The van der Waals surface area contributed by atoms with Crippen LogP contribution in [0.2, 0.25) is 0 Å². The summed E-state index contributed by atoms with van der Waals surface area (Å²) < 4.78 is 6.81. The molecule has 12 rings (SSSR count). The summed E-state index contributed by atoms with van der Waals surface area (Å²) in [4.78, 5) is 15.2. The number of para-hydroxylation sites is 1. The number of pyridine rings is 1. The van der Waals surface area contributed by atoms with Gasteiger partial charge in [0.15, 0.2) is 5.82 Å². The van der Waals surface area contributed by atoms with Crippen molar-refractivity contribution in [1.82, 2.24) is 15.0 Å². The van der Waals surface area contributed by atoms with Crippen molar-refractivity contribution in [2.24, 2.45) is 0 Å². The average Bonchev–Trinajstić information content (AvgIpc) is 3.75. The molecule has 0 fully saturated rings. The first-order valence-corrected chi connectivity index (χ1v) is 21.6. The van der Waals surface area contributed by atoms with Crippen LogP contribution in [-0.4, -0.2) is 15.0 Å². The Labute approximate surface area is 365 Å². The van der Waals surface area contributed by atoms with Crippen molar-refractivity contribution >= 4 is 49.2 Å². The van der Waals surface area contributed by atoms with Crippen LogP contribution in [0.5, 0.6) is 0 Å². The maximum atomic E-state index is 6.81. The summed E-state index contributed by atoms with van der Waals surface area (Å²) in [5.74, 6) is 0.800. The molecular weight excluding hydrogens is 767 g/mol. The second-order valence-electron chi connectivity index (χ2n) is 16.2. The lowest BCUT2D eigenvalue weighted by Gasteiger charge is -2.13. The van der Waals surface area contributed by atoms with E-state index in [2.05, 4.69) is 194 Å². The quantitative estimate of drug-likeness (QED) is 0.151. The molecule has 0 bridgehead atoms. The van der Waals surface area contributed by atoms with Crippen LogP contribution in [0.1, 0.15) is 18.7 Å². The van der Waals surface area contributed by atoms with E-state index in [1.807, 2.05) is 18.2 Å². The Morgan fingerprint density at radius 1 is 0.397 bits per heavy atom. The molecule has 3 aromatic heterocycles. The van der Waals surface area contributed by atoms with Gasteiger partial charge < -0.3 is 4.42 Å². The first-order chi connectivity index (χ1) is 31.2. The predicted octanol–water partition coefficient (Wildman–Crippen LogP) is 15.8. The van der Waals surface area contributed by atoms with Gasteiger partial charge in [-0.15, -0.1) is 0 Å². The van der Waals surface area contributed by atoms with Gasteiger partial charge >= 0.3 is 0 Å². The molecule has 0 saturated heterocycles. The Balaban J connectivity index is 0.815. The van der Waals surface area contributed by atoms with Crippen LogP contribution in [0.15, 0.2) is 217 Å². The number of benzene rings is 8. The Morgan fingerprint density at radius 3 is 1.56 bits per heavy atom. The van der Waals surface area contributed by atoms with Gasteiger partial charge in [-0.2, -0.15) is 0 Å². The van der Waals surface area contributed by atoms with Gasteiger partial charge in [0, 0.05) is 43.6 Å². The summed E-state index contributed by atoms with van der Waals surface area (Å²) in [5, 5.41) is 5.49. The molecule has 0 N–H and O–H groups in total. The number of nitrogens with zero attached hydrogens (tertiary/aromatic N) is 3. The second-order valence-corrected chi connectivity index (χ2v) is 16.2. The van der Waals surface area contributed by atoms with Crippen LogP contribution in [0, 0.1) is 0 Å². The maximum Gasteiger partial charge on any atom is 0.156 e. The fourth-order valence-electron chi connectivity index (χ4n) is 9.09. The highest BCUT2D eigenvalue weighted by Crippen LogP contribution is 2.42. The third kappa shape index (κ3) is 6.70. The van der Waals surface area contributed by atoms with Gasteiger partial charge in [0.05, 0.1) is 22.6 Å². The van der Waals surface area contributed by atoms with E-state index in [0.717, 1.165) is 113 Å². The zero-order chi connectivity index (χ0) is 41.7. The molecule has 0 atom stereocenters. The van der Waals surface area contributed by atoms with E-state index in [0.29, 0.717) is 0 Å². The average molecular weight is 806 g/mol. The van der Waals surface area contributed by atoms with Crippen LogP contribution in [0.25, 0.3) is 116 Å². The first-order valence-electron chi connectivity index (χ1n) is 21.6. The molecule has 4 nitrogen and oxygen atoms in total. The van der Waals surface area contributed by atoms with Crippen LogP contribution in [0.3, 0.4) is 0 Å². The number of rotatable bonds is 7. The summed E-state index contributed by atoms with van der Waals surface area (Å²) in [6.45, 7) is 0. The molecule has 0 amide bonds. The fraction of sp³-hybridized carbons (Fsp3) is 0.0339. The SMILES string of the molecule is C1=CCCC(c2nc(-c3ccccc3)cc(-c3ccc(-c4ccc(-c5ccc(-c6ccc7c(c6)oc6c7ccc7c(-c8ccccc8)nc8ccccc8c76)cc5)cc4)cc3)n2)=C1. The smallest absolute Gasteiger partial charge is 0.156 e. The van der Waals surface area contributed by atoms with Crippen LogP contribution >= 0.6 is 0 Å². The minimum absolute atomic E-state index is 0.800. The van der Waals surface area contributed by atoms with Crippen molar-refractivity contribution in [3.8, 4) is 67.2 Å². The highest BCUT2D eigenvalue weighted by atomic mass is 16.3. The number of allylic oxidation sites excluding steroid dienone is 4. The zero-order valence-electron chi connectivity index (χ0n) is 34.4. The number of hydrogen-bond acceptors (Lipinski definition) is 4. The minimum atomic E-state index is 0.800. The predicted molar refractivity (Wildman–Crippen MR) is 261 cm³/mol. The molecule has 8 aromatic carbocycles. The summed E-state index contributed by atoms with van der Waals surface area (Å²) in [6.07, 6.45) is 8.39. The summed E-state index contributed by atoms with van der Waals surface area (Å²) in [5.41, 5.74) is 16.9. The molecular formula is C59H39N3O. The largest absolute Gasteiger partial charge is 0.455 e. The third-order valence-electron chi connectivity index (χ3n) is 12.4. The van der Waals surface area contributed by atoms with E-state index in [4.69, 9.17) is 19.4 Å². The minimum Gasteiger partial charge on any atom is -0.455 e. The van der Waals surface area contributed by atoms with E-state index in [1.165, 1.54) is 22.3 Å². The summed E-state index contributed by atoms with van der Waals surface area (Å²) >= 11 is 0. The van der Waals surface area contributed by atoms with Crippen molar-refractivity contribution < 1.29 is 4.42 Å². The standard InChI is InChI=1S/C59H39N3O/c1-4-12-43(13-5-1)53-37-54(62-59(61-53)46-16-8-3-9-17-46)44-30-28-41(29-31-44)39-22-20-38(21-23-39)40-24-26-42(27-25-40)47-32-33-48-49-34-35-51-56(58(49)63-55(48)36-47)50-18-10-11-19-52(50)60-57(51)45-14-6-2-7-15-45/h1-8,10-16,18-37H,9,17H2. The van der Waals surface area contributed by atoms with Crippen LogP contribution in [-0.2, 0) is 0 Å². The van der Waals surface area contributed by atoms with Crippen LogP contribution in [0.4, 0.5) is 0 Å². The van der Waals surface area contributed by atoms with E-state index < -0.39 is 0 Å². The van der Waals surface area contributed by atoms with Gasteiger partial charge in [-0.1, -0.05) is 182 Å². The van der Waals surface area contributed by atoms with E-state index in [9.17, 15) is 0 Å². The van der Waals surface area contributed by atoms with E-state index in [1.54, 1.807) is 0 Å². The zero-order valence-corrected chi connectivity index (χ0v) is 34.4. The Morgan fingerprint density at radius 2 is 0.921 bits per heavy atom.